The van der Waals surface area contributed by atoms with Gasteiger partial charge >= 0.3 is 11.7 Å². The van der Waals surface area contributed by atoms with Crippen LogP contribution in [0.2, 0.25) is 0 Å². The zero-order chi connectivity index (χ0) is 17.8. The maximum absolute atomic E-state index is 12.0. The molecular weight excluding hydrogens is 330 g/mol. The lowest BCUT2D eigenvalue weighted by Crippen LogP contribution is -2.29. The molecule has 2 atom stereocenters. The van der Waals surface area contributed by atoms with Crippen LogP contribution in [0.3, 0.4) is 0 Å². The summed E-state index contributed by atoms with van der Waals surface area (Å²) in [5, 5.41) is 0. The second kappa shape index (κ2) is 7.32. The summed E-state index contributed by atoms with van der Waals surface area (Å²) in [5.74, 6) is 0.263. The molecule has 0 bridgehead atoms. The number of ether oxygens (including phenoxy) is 4. The second-order valence-electron chi connectivity index (χ2n) is 5.22. The van der Waals surface area contributed by atoms with Crippen LogP contribution in [0.5, 0.6) is 5.75 Å². The number of nitrogens with zero attached hydrogens (tertiary/aromatic N) is 2. The maximum Gasteiger partial charge on any atom is 0.351 e. The SMILES string of the molecule is COc1ccc(C(=O)OCC2OCC(n3ccc(N)nc3=O)O2)cc1. The third kappa shape index (κ3) is 3.95. The number of hydrogen-bond donors (Lipinski definition) is 1. The number of methoxy groups -OCH3 is 1. The van der Waals surface area contributed by atoms with Gasteiger partial charge in [0.15, 0.2) is 12.5 Å². The Morgan fingerprint density at radius 2 is 2.12 bits per heavy atom. The van der Waals surface area contributed by atoms with Gasteiger partial charge in [0, 0.05) is 6.20 Å². The largest absolute Gasteiger partial charge is 0.497 e. The quantitative estimate of drug-likeness (QED) is 0.780. The summed E-state index contributed by atoms with van der Waals surface area (Å²) in [6, 6.07) is 8.01. The van der Waals surface area contributed by atoms with Gasteiger partial charge in [0.1, 0.15) is 18.2 Å². The van der Waals surface area contributed by atoms with Crippen LogP contribution >= 0.6 is 0 Å². The monoisotopic (exact) mass is 347 g/mol. The number of nitrogens with two attached hydrogens (primary N) is 1. The molecule has 0 amide bonds. The summed E-state index contributed by atoms with van der Waals surface area (Å²) in [6.45, 7) is 0.0365. The van der Waals surface area contributed by atoms with E-state index in [2.05, 4.69) is 4.98 Å². The van der Waals surface area contributed by atoms with Gasteiger partial charge in [-0.2, -0.15) is 4.98 Å². The average molecular weight is 347 g/mol. The highest BCUT2D eigenvalue weighted by molar-refractivity contribution is 5.89. The Bertz CT molecular complexity index is 804. The molecule has 0 aliphatic carbocycles. The number of carbonyl (C=O) groups is 1. The normalized spacial score (nSPS) is 19.6. The molecule has 9 heteroatoms. The van der Waals surface area contributed by atoms with Crippen molar-refractivity contribution in [3.05, 3.63) is 52.6 Å². The highest BCUT2D eigenvalue weighted by Gasteiger charge is 2.29. The molecule has 2 unspecified atom stereocenters. The predicted molar refractivity (Wildman–Crippen MR) is 86.0 cm³/mol. The number of esters is 1. The van der Waals surface area contributed by atoms with Gasteiger partial charge < -0.3 is 24.7 Å². The lowest BCUT2D eigenvalue weighted by atomic mass is 10.2. The molecule has 3 rings (SSSR count). The van der Waals surface area contributed by atoms with E-state index in [0.717, 1.165) is 0 Å². The van der Waals surface area contributed by atoms with Crippen molar-refractivity contribution in [2.45, 2.75) is 12.5 Å². The zero-order valence-corrected chi connectivity index (χ0v) is 13.5. The molecule has 9 nitrogen and oxygen atoms in total. The molecule has 2 heterocycles. The fraction of sp³-hybridized carbons (Fsp3) is 0.312. The van der Waals surface area contributed by atoms with Gasteiger partial charge in [-0.1, -0.05) is 0 Å². The number of anilines is 1. The van der Waals surface area contributed by atoms with Crippen LogP contribution in [0.25, 0.3) is 0 Å². The fourth-order valence-electron chi connectivity index (χ4n) is 2.28. The smallest absolute Gasteiger partial charge is 0.351 e. The topological polar surface area (TPSA) is 115 Å². The van der Waals surface area contributed by atoms with E-state index in [1.54, 1.807) is 31.4 Å². The lowest BCUT2D eigenvalue weighted by Gasteiger charge is -2.13. The van der Waals surface area contributed by atoms with Gasteiger partial charge in [0.2, 0.25) is 0 Å². The van der Waals surface area contributed by atoms with Gasteiger partial charge in [-0.15, -0.1) is 0 Å². The van der Waals surface area contributed by atoms with E-state index in [0.29, 0.717) is 11.3 Å². The van der Waals surface area contributed by atoms with Gasteiger partial charge in [-0.25, -0.2) is 9.59 Å². The number of rotatable bonds is 5. The van der Waals surface area contributed by atoms with E-state index in [9.17, 15) is 9.59 Å². The van der Waals surface area contributed by atoms with Crippen LogP contribution in [0.1, 0.15) is 16.6 Å². The minimum absolute atomic E-state index is 0.0987. The van der Waals surface area contributed by atoms with Crippen molar-refractivity contribution in [2.75, 3.05) is 26.1 Å². The molecule has 132 valence electrons. The van der Waals surface area contributed by atoms with Crippen molar-refractivity contribution in [1.82, 2.24) is 9.55 Å². The molecule has 1 aliphatic rings. The first-order chi connectivity index (χ1) is 12.1. The van der Waals surface area contributed by atoms with Crippen molar-refractivity contribution in [3.63, 3.8) is 0 Å². The van der Waals surface area contributed by atoms with Crippen LogP contribution in [-0.4, -0.2) is 42.1 Å². The van der Waals surface area contributed by atoms with Crippen molar-refractivity contribution >= 4 is 11.8 Å². The first kappa shape index (κ1) is 16.9. The molecule has 0 saturated carbocycles. The molecule has 1 aromatic heterocycles. The fourth-order valence-corrected chi connectivity index (χ4v) is 2.28. The molecule has 1 saturated heterocycles. The van der Waals surface area contributed by atoms with Crippen molar-refractivity contribution in [3.8, 4) is 5.75 Å². The Balaban J connectivity index is 1.54. The minimum atomic E-state index is -0.767. The summed E-state index contributed by atoms with van der Waals surface area (Å²) >= 11 is 0. The van der Waals surface area contributed by atoms with Crippen molar-refractivity contribution in [2.24, 2.45) is 0 Å². The summed E-state index contributed by atoms with van der Waals surface area (Å²) in [4.78, 5) is 27.4. The standard InChI is InChI=1S/C16H17N3O6/c1-22-11-4-2-10(3-5-11)15(20)24-9-14-23-8-13(25-14)19-7-6-12(17)18-16(19)21/h2-7,13-14H,8-9H2,1H3,(H2,17,18,21). The Morgan fingerprint density at radius 3 is 2.80 bits per heavy atom. The van der Waals surface area contributed by atoms with Gasteiger partial charge in [0.25, 0.3) is 0 Å². The van der Waals surface area contributed by atoms with Gasteiger partial charge in [-0.05, 0) is 30.3 Å². The highest BCUT2D eigenvalue weighted by Crippen LogP contribution is 2.20. The Labute approximate surface area is 142 Å². The number of benzene rings is 1. The molecule has 2 aromatic rings. The van der Waals surface area contributed by atoms with E-state index in [-0.39, 0.29) is 19.0 Å². The maximum atomic E-state index is 12.0. The van der Waals surface area contributed by atoms with Crippen LogP contribution < -0.4 is 16.2 Å². The second-order valence-corrected chi connectivity index (χ2v) is 5.22. The molecule has 2 N–H and O–H groups in total. The van der Waals surface area contributed by atoms with E-state index >= 15 is 0 Å². The molecule has 1 fully saturated rings. The van der Waals surface area contributed by atoms with E-state index in [1.165, 1.54) is 16.8 Å². The number of aromatic nitrogens is 2. The Kier molecular flexibility index (Phi) is 4.96. The summed E-state index contributed by atoms with van der Waals surface area (Å²) in [7, 11) is 1.54. The summed E-state index contributed by atoms with van der Waals surface area (Å²) in [6.07, 6.45) is 0.0618. The van der Waals surface area contributed by atoms with E-state index in [4.69, 9.17) is 24.7 Å². The zero-order valence-electron chi connectivity index (χ0n) is 13.5. The summed E-state index contributed by atoms with van der Waals surface area (Å²) in [5.41, 5.74) is 5.29. The Morgan fingerprint density at radius 1 is 1.36 bits per heavy atom. The molecule has 25 heavy (non-hydrogen) atoms. The number of nitrogen functional groups attached to an aromatic ring is 1. The van der Waals surface area contributed by atoms with Crippen molar-refractivity contribution < 1.29 is 23.7 Å². The highest BCUT2D eigenvalue weighted by atomic mass is 16.7. The molecule has 0 spiro atoms. The minimum Gasteiger partial charge on any atom is -0.497 e. The van der Waals surface area contributed by atoms with Crippen LogP contribution in [0, 0.1) is 0 Å². The van der Waals surface area contributed by atoms with Crippen LogP contribution in [0.4, 0.5) is 5.82 Å². The number of carbonyl (C=O) groups excluding carboxylic acids is 1. The third-order valence-electron chi connectivity index (χ3n) is 3.57. The van der Waals surface area contributed by atoms with Crippen LogP contribution in [0.15, 0.2) is 41.3 Å². The Hall–Kier alpha value is -2.91. The molecular formula is C16H17N3O6. The van der Waals surface area contributed by atoms with Crippen molar-refractivity contribution in [1.29, 1.82) is 0 Å². The molecule has 1 aliphatic heterocycles. The first-order valence-electron chi connectivity index (χ1n) is 7.49. The van der Waals surface area contributed by atoms with Gasteiger partial charge in [0.05, 0.1) is 19.3 Å². The number of hydrogen-bond acceptors (Lipinski definition) is 8. The van der Waals surface area contributed by atoms with E-state index in [1.807, 2.05) is 0 Å². The first-order valence-corrected chi connectivity index (χ1v) is 7.49. The molecule has 1 aromatic carbocycles. The lowest BCUT2D eigenvalue weighted by molar-refractivity contribution is -0.103. The van der Waals surface area contributed by atoms with E-state index < -0.39 is 24.2 Å². The van der Waals surface area contributed by atoms with Gasteiger partial charge in [-0.3, -0.25) is 4.57 Å². The van der Waals surface area contributed by atoms with Crippen LogP contribution in [-0.2, 0) is 14.2 Å². The summed E-state index contributed by atoms with van der Waals surface area (Å²) < 4.78 is 22.4. The molecule has 0 radical (unpaired) electrons. The third-order valence-corrected chi connectivity index (χ3v) is 3.57. The predicted octanol–water partition coefficient (Wildman–Crippen LogP) is 0.563. The average Bonchev–Trinajstić information content (AvgIpc) is 3.08.